The first-order valence-corrected chi connectivity index (χ1v) is 4.21. The van der Waals surface area contributed by atoms with Gasteiger partial charge in [0.15, 0.2) is 0 Å². The van der Waals surface area contributed by atoms with Crippen molar-refractivity contribution in [1.29, 1.82) is 0 Å². The zero-order valence-corrected chi connectivity index (χ0v) is 6.29. The highest BCUT2D eigenvalue weighted by atomic mass is 14.5. The summed E-state index contributed by atoms with van der Waals surface area (Å²) in [5.41, 5.74) is 0. The average Bonchev–Trinajstić information content (AvgIpc) is 2.77. The predicted molar refractivity (Wildman–Crippen MR) is 43.7 cm³/mol. The number of hydrogen-bond donors (Lipinski definition) is 0. The molecule has 0 heterocycles. The topological polar surface area (TPSA) is 0 Å². The molecule has 0 aromatic heterocycles. The van der Waals surface area contributed by atoms with Gasteiger partial charge in [-0.05, 0) is 37.0 Å². The van der Waals surface area contributed by atoms with E-state index in [9.17, 15) is 0 Å². The third-order valence-corrected chi connectivity index (χ3v) is 2.61. The molecule has 2 saturated carbocycles. The summed E-state index contributed by atoms with van der Waals surface area (Å²) in [5, 5.41) is 0. The molecule has 0 N–H and O–H groups in total. The molecule has 0 heteroatoms. The fraction of sp³-hybridized carbons (Fsp3) is 0.600. The quantitative estimate of drug-likeness (QED) is 0.521. The van der Waals surface area contributed by atoms with Crippen LogP contribution in [0.15, 0.2) is 24.8 Å². The molecule has 54 valence electrons. The maximum atomic E-state index is 3.66. The van der Waals surface area contributed by atoms with Crippen molar-refractivity contribution >= 4 is 0 Å². The minimum Gasteiger partial charge on any atom is -0.0991 e. The fourth-order valence-corrected chi connectivity index (χ4v) is 1.74. The molecule has 2 aliphatic carbocycles. The molecular formula is C10H14. The molecule has 0 aliphatic heterocycles. The van der Waals surface area contributed by atoms with E-state index in [0.29, 0.717) is 0 Å². The molecule has 0 bridgehead atoms. The normalized spacial score (nSPS) is 38.4. The molecule has 0 radical (unpaired) electrons. The van der Waals surface area contributed by atoms with Gasteiger partial charge in [-0.25, -0.2) is 0 Å². The van der Waals surface area contributed by atoms with E-state index in [1.54, 1.807) is 0 Å². The summed E-state index contributed by atoms with van der Waals surface area (Å²) in [6.07, 6.45) is 10.7. The highest BCUT2D eigenvalue weighted by Gasteiger charge is 2.45. The summed E-state index contributed by atoms with van der Waals surface area (Å²) in [6.45, 7) is 3.66. The molecular weight excluding hydrogens is 120 g/mol. The predicted octanol–water partition coefficient (Wildman–Crippen LogP) is 2.77. The molecule has 2 fully saturated rings. The molecule has 0 aromatic rings. The number of rotatable bonds is 3. The van der Waals surface area contributed by atoms with E-state index in [2.05, 4.69) is 18.7 Å². The first-order chi connectivity index (χ1) is 4.92. The van der Waals surface area contributed by atoms with Crippen LogP contribution in [0.2, 0.25) is 0 Å². The van der Waals surface area contributed by atoms with Crippen LogP contribution >= 0.6 is 0 Å². The monoisotopic (exact) mass is 134 g/mol. The third kappa shape index (κ3) is 1.16. The lowest BCUT2D eigenvalue weighted by atomic mass is 10.2. The minimum atomic E-state index is 0.922. The Kier molecular flexibility index (Phi) is 1.40. The van der Waals surface area contributed by atoms with Crippen LogP contribution in [0.3, 0.4) is 0 Å². The van der Waals surface area contributed by atoms with Crippen molar-refractivity contribution in [3.63, 3.8) is 0 Å². The molecule has 0 nitrogen and oxygen atoms in total. The van der Waals surface area contributed by atoms with Crippen LogP contribution in [0, 0.1) is 17.8 Å². The zero-order chi connectivity index (χ0) is 6.97. The summed E-state index contributed by atoms with van der Waals surface area (Å²) < 4.78 is 0. The minimum absolute atomic E-state index is 0.922. The Morgan fingerprint density at radius 3 is 2.70 bits per heavy atom. The van der Waals surface area contributed by atoms with Crippen LogP contribution in [-0.2, 0) is 0 Å². The van der Waals surface area contributed by atoms with Gasteiger partial charge in [0.25, 0.3) is 0 Å². The molecule has 2 aliphatic rings. The first-order valence-electron chi connectivity index (χ1n) is 4.21. The Morgan fingerprint density at radius 1 is 1.30 bits per heavy atom. The Morgan fingerprint density at radius 2 is 2.10 bits per heavy atom. The van der Waals surface area contributed by atoms with Crippen molar-refractivity contribution < 1.29 is 0 Å². The van der Waals surface area contributed by atoms with Crippen molar-refractivity contribution in [3.8, 4) is 0 Å². The van der Waals surface area contributed by atoms with Crippen LogP contribution in [0.1, 0.15) is 19.3 Å². The van der Waals surface area contributed by atoms with Gasteiger partial charge in [-0.15, -0.1) is 0 Å². The Labute approximate surface area is 62.6 Å². The van der Waals surface area contributed by atoms with Gasteiger partial charge in [-0.1, -0.05) is 24.8 Å². The molecule has 2 rings (SSSR count). The zero-order valence-electron chi connectivity index (χ0n) is 6.29. The van der Waals surface area contributed by atoms with Crippen molar-refractivity contribution in [2.75, 3.05) is 0 Å². The standard InChI is InChI=1S/C10H14/c1-2-3-4-9-7-10(9)8-5-6-8/h2-4,8-10H,1,5-7H2/b4-3+. The summed E-state index contributed by atoms with van der Waals surface area (Å²) in [5.74, 6) is 3.10. The number of allylic oxidation sites excluding steroid dienone is 3. The second-order valence-electron chi connectivity index (χ2n) is 3.52. The van der Waals surface area contributed by atoms with Gasteiger partial charge >= 0.3 is 0 Å². The van der Waals surface area contributed by atoms with Gasteiger partial charge in [0.05, 0.1) is 0 Å². The van der Waals surface area contributed by atoms with Gasteiger partial charge in [0.1, 0.15) is 0 Å². The fourth-order valence-electron chi connectivity index (χ4n) is 1.74. The van der Waals surface area contributed by atoms with E-state index in [4.69, 9.17) is 0 Å². The lowest BCUT2D eigenvalue weighted by Crippen LogP contribution is -1.79. The van der Waals surface area contributed by atoms with Crippen molar-refractivity contribution in [2.24, 2.45) is 17.8 Å². The molecule has 2 unspecified atom stereocenters. The van der Waals surface area contributed by atoms with Gasteiger partial charge in [0, 0.05) is 0 Å². The van der Waals surface area contributed by atoms with Gasteiger partial charge in [0.2, 0.25) is 0 Å². The molecule has 10 heavy (non-hydrogen) atoms. The van der Waals surface area contributed by atoms with Crippen LogP contribution < -0.4 is 0 Å². The Hall–Kier alpha value is -0.520. The third-order valence-electron chi connectivity index (χ3n) is 2.61. The van der Waals surface area contributed by atoms with Crippen LogP contribution in [-0.4, -0.2) is 0 Å². The van der Waals surface area contributed by atoms with Gasteiger partial charge in [-0.3, -0.25) is 0 Å². The highest BCUT2D eigenvalue weighted by Crippen LogP contribution is 2.54. The lowest BCUT2D eigenvalue weighted by molar-refractivity contribution is 0.681. The van der Waals surface area contributed by atoms with Gasteiger partial charge in [-0.2, -0.15) is 0 Å². The average molecular weight is 134 g/mol. The smallest absolute Gasteiger partial charge is 0.0196 e. The maximum absolute atomic E-state index is 3.66. The largest absolute Gasteiger partial charge is 0.0991 e. The van der Waals surface area contributed by atoms with Crippen molar-refractivity contribution in [2.45, 2.75) is 19.3 Å². The highest BCUT2D eigenvalue weighted by molar-refractivity contribution is 5.10. The second-order valence-corrected chi connectivity index (χ2v) is 3.52. The second kappa shape index (κ2) is 2.26. The summed E-state index contributed by atoms with van der Waals surface area (Å²) in [6, 6.07) is 0. The van der Waals surface area contributed by atoms with Crippen LogP contribution in [0.5, 0.6) is 0 Å². The van der Waals surface area contributed by atoms with Crippen molar-refractivity contribution in [3.05, 3.63) is 24.8 Å². The SMILES string of the molecule is C=C/C=C/C1CC1C1CC1. The van der Waals surface area contributed by atoms with E-state index in [1.165, 1.54) is 19.3 Å². The summed E-state index contributed by atoms with van der Waals surface area (Å²) in [7, 11) is 0. The molecule has 0 spiro atoms. The molecule has 0 amide bonds. The van der Waals surface area contributed by atoms with E-state index in [0.717, 1.165) is 17.8 Å². The Balaban J connectivity index is 1.78. The van der Waals surface area contributed by atoms with E-state index >= 15 is 0 Å². The van der Waals surface area contributed by atoms with Crippen molar-refractivity contribution in [1.82, 2.24) is 0 Å². The van der Waals surface area contributed by atoms with Crippen LogP contribution in [0.25, 0.3) is 0 Å². The molecule has 0 aromatic carbocycles. The van der Waals surface area contributed by atoms with E-state index < -0.39 is 0 Å². The van der Waals surface area contributed by atoms with Crippen LogP contribution in [0.4, 0.5) is 0 Å². The Bertz CT molecular complexity index is 163. The molecule has 2 atom stereocenters. The van der Waals surface area contributed by atoms with Gasteiger partial charge < -0.3 is 0 Å². The summed E-state index contributed by atoms with van der Waals surface area (Å²) in [4.78, 5) is 0. The maximum Gasteiger partial charge on any atom is -0.0196 e. The van der Waals surface area contributed by atoms with E-state index in [-0.39, 0.29) is 0 Å². The molecule has 0 saturated heterocycles. The lowest BCUT2D eigenvalue weighted by Gasteiger charge is -1.86. The summed E-state index contributed by atoms with van der Waals surface area (Å²) >= 11 is 0. The number of hydrogen-bond acceptors (Lipinski definition) is 0. The van der Waals surface area contributed by atoms with E-state index in [1.807, 2.05) is 6.08 Å². The first kappa shape index (κ1) is 6.21.